The van der Waals surface area contributed by atoms with E-state index in [0.29, 0.717) is 18.1 Å². The fourth-order valence-electron chi connectivity index (χ4n) is 1.55. The van der Waals surface area contributed by atoms with Crippen LogP contribution in [0.5, 0.6) is 0 Å². The van der Waals surface area contributed by atoms with Crippen molar-refractivity contribution in [1.29, 1.82) is 0 Å². The first-order chi connectivity index (χ1) is 7.58. The van der Waals surface area contributed by atoms with Gasteiger partial charge in [-0.1, -0.05) is 5.16 Å². The normalized spacial score (nSPS) is 13.0. The molecule has 2 N–H and O–H groups in total. The average molecular weight is 221 g/mol. The molecule has 0 spiro atoms. The summed E-state index contributed by atoms with van der Waals surface area (Å²) < 4.78 is 5.05. The van der Waals surface area contributed by atoms with Crippen LogP contribution in [-0.2, 0) is 0 Å². The SMILES string of the molecule is Cc1noc2cnc(N(C)CC(C)N)nc12. The highest BCUT2D eigenvalue weighted by Crippen LogP contribution is 2.17. The van der Waals surface area contributed by atoms with Crippen molar-refractivity contribution in [2.75, 3.05) is 18.5 Å². The summed E-state index contributed by atoms with van der Waals surface area (Å²) in [6, 6.07) is 0.0767. The first kappa shape index (κ1) is 10.8. The van der Waals surface area contributed by atoms with Gasteiger partial charge >= 0.3 is 0 Å². The Morgan fingerprint density at radius 2 is 2.31 bits per heavy atom. The molecule has 0 aliphatic carbocycles. The summed E-state index contributed by atoms with van der Waals surface area (Å²) in [6.45, 7) is 4.50. The molecule has 6 heteroatoms. The van der Waals surface area contributed by atoms with Crippen LogP contribution in [0.3, 0.4) is 0 Å². The minimum atomic E-state index is 0.0767. The monoisotopic (exact) mass is 221 g/mol. The number of hydrogen-bond donors (Lipinski definition) is 1. The number of hydrogen-bond acceptors (Lipinski definition) is 6. The molecule has 0 bridgehead atoms. The second kappa shape index (κ2) is 4.05. The maximum atomic E-state index is 5.73. The number of nitrogens with zero attached hydrogens (tertiary/aromatic N) is 4. The van der Waals surface area contributed by atoms with Gasteiger partial charge in [0.2, 0.25) is 11.5 Å². The molecule has 1 unspecified atom stereocenters. The summed E-state index contributed by atoms with van der Waals surface area (Å²) in [6.07, 6.45) is 1.63. The van der Waals surface area contributed by atoms with Gasteiger partial charge in [-0.15, -0.1) is 0 Å². The largest absolute Gasteiger partial charge is 0.353 e. The lowest BCUT2D eigenvalue weighted by Crippen LogP contribution is -2.33. The van der Waals surface area contributed by atoms with E-state index in [2.05, 4.69) is 15.1 Å². The van der Waals surface area contributed by atoms with E-state index in [-0.39, 0.29) is 6.04 Å². The van der Waals surface area contributed by atoms with Crippen LogP contribution in [0, 0.1) is 6.92 Å². The zero-order chi connectivity index (χ0) is 11.7. The highest BCUT2D eigenvalue weighted by molar-refractivity contribution is 5.74. The Hall–Kier alpha value is -1.69. The van der Waals surface area contributed by atoms with Gasteiger partial charge < -0.3 is 15.2 Å². The maximum absolute atomic E-state index is 5.73. The van der Waals surface area contributed by atoms with Crippen LogP contribution in [0.2, 0.25) is 0 Å². The van der Waals surface area contributed by atoms with E-state index < -0.39 is 0 Å². The Balaban J connectivity index is 2.34. The smallest absolute Gasteiger partial charge is 0.225 e. The molecule has 2 rings (SSSR count). The molecule has 0 fully saturated rings. The third-order valence-electron chi connectivity index (χ3n) is 2.27. The van der Waals surface area contributed by atoms with Crippen molar-refractivity contribution in [2.24, 2.45) is 5.73 Å². The molecule has 0 aliphatic heterocycles. The van der Waals surface area contributed by atoms with Crippen LogP contribution in [0.4, 0.5) is 5.95 Å². The molecule has 0 aromatic carbocycles. The molecule has 0 saturated carbocycles. The predicted molar refractivity (Wildman–Crippen MR) is 61.3 cm³/mol. The van der Waals surface area contributed by atoms with E-state index in [9.17, 15) is 0 Å². The Labute approximate surface area is 93.4 Å². The standard InChI is InChI=1S/C10H15N5O/c1-6(11)5-15(3)10-12-4-8-9(13-10)7(2)14-16-8/h4,6H,5,11H2,1-3H3. The summed E-state index contributed by atoms with van der Waals surface area (Å²) in [5.74, 6) is 0.635. The first-order valence-electron chi connectivity index (χ1n) is 5.13. The van der Waals surface area contributed by atoms with Gasteiger partial charge in [-0.25, -0.2) is 9.97 Å². The fourth-order valence-corrected chi connectivity index (χ4v) is 1.55. The Bertz CT molecular complexity index is 493. The van der Waals surface area contributed by atoms with E-state index in [0.717, 1.165) is 11.2 Å². The summed E-state index contributed by atoms with van der Waals surface area (Å²) in [5, 5.41) is 3.84. The van der Waals surface area contributed by atoms with Crippen molar-refractivity contribution >= 4 is 17.0 Å². The number of rotatable bonds is 3. The van der Waals surface area contributed by atoms with Gasteiger partial charge in [0.15, 0.2) is 0 Å². The van der Waals surface area contributed by atoms with Crippen molar-refractivity contribution in [3.05, 3.63) is 11.9 Å². The van der Waals surface area contributed by atoms with Crippen LogP contribution in [-0.4, -0.2) is 34.8 Å². The molecule has 2 aromatic heterocycles. The van der Waals surface area contributed by atoms with E-state index in [1.165, 1.54) is 0 Å². The van der Waals surface area contributed by atoms with Crippen molar-refractivity contribution < 1.29 is 4.52 Å². The number of likely N-dealkylation sites (N-methyl/N-ethyl adjacent to an activating group) is 1. The van der Waals surface area contributed by atoms with Gasteiger partial charge in [0, 0.05) is 19.6 Å². The highest BCUT2D eigenvalue weighted by atomic mass is 16.5. The number of fused-ring (bicyclic) bond motifs is 1. The van der Waals surface area contributed by atoms with Gasteiger partial charge in [0.1, 0.15) is 11.2 Å². The average Bonchev–Trinajstić information content (AvgIpc) is 2.59. The van der Waals surface area contributed by atoms with Crippen molar-refractivity contribution in [1.82, 2.24) is 15.1 Å². The quantitative estimate of drug-likeness (QED) is 0.822. The third-order valence-corrected chi connectivity index (χ3v) is 2.27. The Morgan fingerprint density at radius 3 is 3.00 bits per heavy atom. The zero-order valence-corrected chi connectivity index (χ0v) is 9.64. The zero-order valence-electron chi connectivity index (χ0n) is 9.64. The molecule has 86 valence electrons. The van der Waals surface area contributed by atoms with E-state index >= 15 is 0 Å². The van der Waals surface area contributed by atoms with Gasteiger partial charge in [0.25, 0.3) is 0 Å². The van der Waals surface area contributed by atoms with Gasteiger partial charge in [-0.05, 0) is 13.8 Å². The molecule has 0 amide bonds. The minimum Gasteiger partial charge on any atom is -0.353 e. The molecular formula is C10H15N5O. The fraction of sp³-hybridized carbons (Fsp3) is 0.500. The van der Waals surface area contributed by atoms with Crippen LogP contribution < -0.4 is 10.6 Å². The van der Waals surface area contributed by atoms with Crippen LogP contribution in [0.15, 0.2) is 10.7 Å². The molecule has 1 atom stereocenters. The topological polar surface area (TPSA) is 81.1 Å². The number of aryl methyl sites for hydroxylation is 1. The molecule has 0 aliphatic rings. The second-order valence-corrected chi connectivity index (χ2v) is 4.01. The highest BCUT2D eigenvalue weighted by Gasteiger charge is 2.11. The van der Waals surface area contributed by atoms with E-state index in [1.807, 2.05) is 25.8 Å². The van der Waals surface area contributed by atoms with Gasteiger partial charge in [-0.2, -0.15) is 0 Å². The van der Waals surface area contributed by atoms with Gasteiger partial charge in [0.05, 0.1) is 6.20 Å². The Morgan fingerprint density at radius 1 is 1.56 bits per heavy atom. The lowest BCUT2D eigenvalue weighted by atomic mass is 10.3. The van der Waals surface area contributed by atoms with Crippen LogP contribution >= 0.6 is 0 Å². The molecule has 0 saturated heterocycles. The van der Waals surface area contributed by atoms with Gasteiger partial charge in [-0.3, -0.25) is 0 Å². The number of anilines is 1. The summed E-state index contributed by atoms with van der Waals surface area (Å²) in [4.78, 5) is 10.5. The first-order valence-corrected chi connectivity index (χ1v) is 5.13. The predicted octanol–water partition coefficient (Wildman–Crippen LogP) is 0.710. The lowest BCUT2D eigenvalue weighted by Gasteiger charge is -2.18. The lowest BCUT2D eigenvalue weighted by molar-refractivity contribution is 0.449. The maximum Gasteiger partial charge on any atom is 0.225 e. The molecule has 2 heterocycles. The van der Waals surface area contributed by atoms with Crippen molar-refractivity contribution in [3.63, 3.8) is 0 Å². The molecule has 2 aromatic rings. The second-order valence-electron chi connectivity index (χ2n) is 4.01. The summed E-state index contributed by atoms with van der Waals surface area (Å²) in [5.41, 5.74) is 7.85. The molecular weight excluding hydrogens is 206 g/mol. The van der Waals surface area contributed by atoms with Crippen LogP contribution in [0.25, 0.3) is 11.1 Å². The van der Waals surface area contributed by atoms with Crippen LogP contribution in [0.1, 0.15) is 12.6 Å². The number of nitrogens with two attached hydrogens (primary N) is 1. The molecule has 16 heavy (non-hydrogen) atoms. The number of aromatic nitrogens is 3. The molecule has 0 radical (unpaired) electrons. The minimum absolute atomic E-state index is 0.0767. The van der Waals surface area contributed by atoms with Crippen molar-refractivity contribution in [3.8, 4) is 0 Å². The third kappa shape index (κ3) is 1.96. The molecule has 6 nitrogen and oxygen atoms in total. The Kier molecular flexibility index (Phi) is 2.74. The summed E-state index contributed by atoms with van der Waals surface area (Å²) in [7, 11) is 1.91. The summed E-state index contributed by atoms with van der Waals surface area (Å²) >= 11 is 0. The van der Waals surface area contributed by atoms with E-state index in [1.54, 1.807) is 6.20 Å². The van der Waals surface area contributed by atoms with E-state index in [4.69, 9.17) is 10.3 Å². The van der Waals surface area contributed by atoms with Crippen molar-refractivity contribution in [2.45, 2.75) is 19.9 Å².